The summed E-state index contributed by atoms with van der Waals surface area (Å²) in [6.07, 6.45) is 1.54. The Labute approximate surface area is 181 Å². The summed E-state index contributed by atoms with van der Waals surface area (Å²) >= 11 is 6.19. The number of para-hydroxylation sites is 1. The molecule has 0 radical (unpaired) electrons. The van der Waals surface area contributed by atoms with E-state index < -0.39 is 5.91 Å². The lowest BCUT2D eigenvalue weighted by Gasteiger charge is -2.14. The van der Waals surface area contributed by atoms with E-state index in [1.165, 1.54) is 6.08 Å². The first-order chi connectivity index (χ1) is 14.6. The molecule has 1 atom stereocenters. The molecule has 3 rings (SSSR count). The maximum Gasteiger partial charge on any atom is 0.262 e. The Kier molecular flexibility index (Phi) is 7.26. The number of rotatable bonds is 7. The molecule has 0 heterocycles. The Morgan fingerprint density at radius 2 is 1.73 bits per heavy atom. The molecule has 0 saturated carbocycles. The lowest BCUT2D eigenvalue weighted by molar-refractivity contribution is -0.117. The van der Waals surface area contributed by atoms with Crippen molar-refractivity contribution in [3.05, 3.63) is 106 Å². The van der Waals surface area contributed by atoms with Crippen molar-refractivity contribution in [2.24, 2.45) is 0 Å². The normalized spacial score (nSPS) is 12.0. The summed E-state index contributed by atoms with van der Waals surface area (Å²) in [6, 6.07) is 26.1. The highest BCUT2D eigenvalue weighted by Gasteiger charge is 2.15. The summed E-state index contributed by atoms with van der Waals surface area (Å²) < 4.78 is 5.91. The molecule has 0 spiro atoms. The van der Waals surface area contributed by atoms with Crippen molar-refractivity contribution in [2.45, 2.75) is 19.6 Å². The number of nitrogens with one attached hydrogen (secondary N) is 1. The van der Waals surface area contributed by atoms with Gasteiger partial charge in [0, 0.05) is 16.1 Å². The Balaban J connectivity index is 1.76. The van der Waals surface area contributed by atoms with Crippen LogP contribution in [0.1, 0.15) is 29.7 Å². The number of hydrogen-bond acceptors (Lipinski definition) is 3. The van der Waals surface area contributed by atoms with E-state index in [0.717, 1.165) is 11.1 Å². The third-order valence-electron chi connectivity index (χ3n) is 4.57. The highest BCUT2D eigenvalue weighted by molar-refractivity contribution is 6.31. The molecule has 0 aromatic heterocycles. The first kappa shape index (κ1) is 21.2. The minimum atomic E-state index is -0.435. The fraction of sp³-hybridized carbons (Fsp3) is 0.120. The summed E-state index contributed by atoms with van der Waals surface area (Å²) in [5.41, 5.74) is 2.47. The average Bonchev–Trinajstić information content (AvgIpc) is 2.78. The van der Waals surface area contributed by atoms with Crippen LogP contribution in [-0.2, 0) is 11.4 Å². The van der Waals surface area contributed by atoms with Gasteiger partial charge in [-0.05, 0) is 30.7 Å². The molecular formula is C25H21ClN2O2. The van der Waals surface area contributed by atoms with E-state index in [-0.39, 0.29) is 18.2 Å². The zero-order valence-electron chi connectivity index (χ0n) is 16.5. The van der Waals surface area contributed by atoms with Crippen molar-refractivity contribution in [1.29, 1.82) is 5.26 Å². The van der Waals surface area contributed by atoms with Crippen LogP contribution in [0.4, 0.5) is 0 Å². The zero-order chi connectivity index (χ0) is 21.3. The summed E-state index contributed by atoms with van der Waals surface area (Å²) in [4.78, 5) is 12.6. The molecule has 0 aliphatic carbocycles. The van der Waals surface area contributed by atoms with E-state index in [0.29, 0.717) is 16.3 Å². The third-order valence-corrected chi connectivity index (χ3v) is 4.94. The number of amides is 1. The maximum atomic E-state index is 12.6. The van der Waals surface area contributed by atoms with Crippen LogP contribution in [0.3, 0.4) is 0 Å². The van der Waals surface area contributed by atoms with Crippen molar-refractivity contribution in [1.82, 2.24) is 5.32 Å². The molecule has 0 fully saturated rings. The molecule has 30 heavy (non-hydrogen) atoms. The Morgan fingerprint density at radius 3 is 2.47 bits per heavy atom. The molecule has 1 N–H and O–H groups in total. The van der Waals surface area contributed by atoms with E-state index in [1.807, 2.05) is 73.7 Å². The van der Waals surface area contributed by atoms with Gasteiger partial charge in [0.05, 0.1) is 6.04 Å². The second kappa shape index (κ2) is 10.3. The first-order valence-corrected chi connectivity index (χ1v) is 9.89. The summed E-state index contributed by atoms with van der Waals surface area (Å²) in [5, 5.41) is 13.0. The van der Waals surface area contributed by atoms with E-state index in [9.17, 15) is 10.1 Å². The second-order valence-corrected chi connectivity index (χ2v) is 7.10. The zero-order valence-corrected chi connectivity index (χ0v) is 17.3. The van der Waals surface area contributed by atoms with E-state index in [2.05, 4.69) is 5.32 Å². The van der Waals surface area contributed by atoms with Crippen LogP contribution in [0, 0.1) is 11.3 Å². The third kappa shape index (κ3) is 5.50. The van der Waals surface area contributed by atoms with Crippen LogP contribution in [0.25, 0.3) is 6.08 Å². The van der Waals surface area contributed by atoms with Gasteiger partial charge in [0.25, 0.3) is 5.91 Å². The Bertz CT molecular complexity index is 1090. The van der Waals surface area contributed by atoms with Crippen LogP contribution in [0.2, 0.25) is 5.02 Å². The van der Waals surface area contributed by atoms with Crippen molar-refractivity contribution < 1.29 is 9.53 Å². The Hall–Kier alpha value is -3.55. The lowest BCUT2D eigenvalue weighted by Crippen LogP contribution is -2.27. The Morgan fingerprint density at radius 1 is 1.07 bits per heavy atom. The summed E-state index contributed by atoms with van der Waals surface area (Å²) in [5.74, 6) is 0.129. The van der Waals surface area contributed by atoms with Crippen molar-refractivity contribution in [3.63, 3.8) is 0 Å². The molecule has 0 unspecified atom stereocenters. The summed E-state index contributed by atoms with van der Waals surface area (Å²) in [6.45, 7) is 2.16. The monoisotopic (exact) mass is 416 g/mol. The van der Waals surface area contributed by atoms with Gasteiger partial charge < -0.3 is 10.1 Å². The van der Waals surface area contributed by atoms with Gasteiger partial charge in [-0.15, -0.1) is 0 Å². The van der Waals surface area contributed by atoms with Crippen molar-refractivity contribution >= 4 is 23.6 Å². The van der Waals surface area contributed by atoms with Crippen LogP contribution in [0.5, 0.6) is 5.75 Å². The van der Waals surface area contributed by atoms with Gasteiger partial charge in [-0.3, -0.25) is 4.79 Å². The fourth-order valence-corrected chi connectivity index (χ4v) is 3.10. The number of benzene rings is 3. The van der Waals surface area contributed by atoms with Gasteiger partial charge in [-0.1, -0.05) is 78.3 Å². The molecule has 3 aromatic rings. The molecule has 0 bridgehead atoms. The average molecular weight is 417 g/mol. The molecule has 150 valence electrons. The summed E-state index contributed by atoms with van der Waals surface area (Å²) in [7, 11) is 0. The minimum absolute atomic E-state index is 0.00609. The van der Waals surface area contributed by atoms with Gasteiger partial charge in [-0.2, -0.15) is 5.26 Å². The number of carbonyl (C=O) groups is 1. The van der Waals surface area contributed by atoms with E-state index >= 15 is 0 Å². The predicted molar refractivity (Wildman–Crippen MR) is 119 cm³/mol. The van der Waals surface area contributed by atoms with Gasteiger partial charge in [0.2, 0.25) is 0 Å². The number of ether oxygens (including phenoxy) is 1. The largest absolute Gasteiger partial charge is 0.488 e. The fourth-order valence-electron chi connectivity index (χ4n) is 2.91. The highest BCUT2D eigenvalue weighted by Crippen LogP contribution is 2.24. The van der Waals surface area contributed by atoms with Gasteiger partial charge in [0.1, 0.15) is 24.0 Å². The molecule has 3 aromatic carbocycles. The number of halogens is 1. The van der Waals surface area contributed by atoms with E-state index in [4.69, 9.17) is 16.3 Å². The van der Waals surface area contributed by atoms with Gasteiger partial charge in [0.15, 0.2) is 0 Å². The highest BCUT2D eigenvalue weighted by atomic mass is 35.5. The van der Waals surface area contributed by atoms with Crippen LogP contribution in [-0.4, -0.2) is 5.91 Å². The van der Waals surface area contributed by atoms with Crippen LogP contribution < -0.4 is 10.1 Å². The molecule has 1 amide bonds. The lowest BCUT2D eigenvalue weighted by atomic mass is 10.1. The molecule has 0 saturated heterocycles. The molecule has 5 heteroatoms. The second-order valence-electron chi connectivity index (χ2n) is 6.69. The smallest absolute Gasteiger partial charge is 0.262 e. The van der Waals surface area contributed by atoms with Crippen LogP contribution >= 0.6 is 11.6 Å². The molecule has 4 nitrogen and oxygen atoms in total. The van der Waals surface area contributed by atoms with Crippen LogP contribution in [0.15, 0.2) is 84.4 Å². The SMILES string of the molecule is C[C@@H](NC(=O)/C(C#N)=C\c1ccccc1OCc1ccccc1Cl)c1ccccc1. The van der Waals surface area contributed by atoms with Gasteiger partial charge >= 0.3 is 0 Å². The standard InChI is InChI=1S/C25H21ClN2O2/c1-18(19-9-3-2-4-10-19)28-25(29)22(16-27)15-20-11-6-8-14-24(20)30-17-21-12-5-7-13-23(21)26/h2-15,18H,17H2,1H3,(H,28,29)/b22-15-/t18-/m1/s1. The number of nitrogens with zero attached hydrogens (tertiary/aromatic N) is 1. The quantitative estimate of drug-likeness (QED) is 0.396. The number of hydrogen-bond donors (Lipinski definition) is 1. The predicted octanol–water partition coefficient (Wildman–Crippen LogP) is 5.70. The topological polar surface area (TPSA) is 62.1 Å². The molecule has 0 aliphatic heterocycles. The molecular weight excluding hydrogens is 396 g/mol. The van der Waals surface area contributed by atoms with Gasteiger partial charge in [-0.25, -0.2) is 0 Å². The van der Waals surface area contributed by atoms with E-state index in [1.54, 1.807) is 18.2 Å². The minimum Gasteiger partial charge on any atom is -0.488 e. The number of carbonyl (C=O) groups excluding carboxylic acids is 1. The number of nitriles is 1. The van der Waals surface area contributed by atoms with Crippen molar-refractivity contribution in [3.8, 4) is 11.8 Å². The first-order valence-electron chi connectivity index (χ1n) is 9.51. The van der Waals surface area contributed by atoms with Crippen molar-refractivity contribution in [2.75, 3.05) is 0 Å². The molecule has 0 aliphatic rings. The maximum absolute atomic E-state index is 12.6.